The average Bonchev–Trinajstić information content (AvgIpc) is 2.60. The lowest BCUT2D eigenvalue weighted by atomic mass is 10.1. The van der Waals surface area contributed by atoms with Crippen LogP contribution >= 0.6 is 0 Å². The van der Waals surface area contributed by atoms with Gasteiger partial charge in [-0.15, -0.1) is 5.10 Å². The molecule has 5 nitrogen and oxygen atoms in total. The normalized spacial score (nSPS) is 10.8. The number of carbonyl (C=O) groups excluding carboxylic acids is 2. The van der Waals surface area contributed by atoms with E-state index in [1.54, 1.807) is 0 Å². The van der Waals surface area contributed by atoms with E-state index in [-0.39, 0.29) is 23.8 Å². The summed E-state index contributed by atoms with van der Waals surface area (Å²) in [5, 5.41) is 7.32. The van der Waals surface area contributed by atoms with Crippen LogP contribution in [-0.2, 0) is 22.6 Å². The van der Waals surface area contributed by atoms with E-state index in [1.165, 1.54) is 10.9 Å². The van der Waals surface area contributed by atoms with Gasteiger partial charge in [0.2, 0.25) is 0 Å². The van der Waals surface area contributed by atoms with Crippen LogP contribution < -0.4 is 0 Å². The molecule has 0 radical (unpaired) electrons. The van der Waals surface area contributed by atoms with Crippen LogP contribution in [-0.4, -0.2) is 26.8 Å². The van der Waals surface area contributed by atoms with Crippen LogP contribution in [0.1, 0.15) is 26.0 Å². The second kappa shape index (κ2) is 5.48. The minimum Gasteiger partial charge on any atom is -0.299 e. The average molecular weight is 227 g/mol. The van der Waals surface area contributed by atoms with E-state index in [2.05, 4.69) is 10.3 Å². The Hall–Kier alpha value is -1.59. The molecule has 0 spiro atoms. The van der Waals surface area contributed by atoms with Crippen molar-refractivity contribution in [2.24, 2.45) is 5.92 Å². The zero-order chi connectivity index (χ0) is 12.1. The Kier molecular flexibility index (Phi) is 4.28. The molecule has 1 aromatic rings. The van der Waals surface area contributed by atoms with Gasteiger partial charge in [0.1, 0.15) is 5.78 Å². The second-order valence-corrected chi connectivity index (χ2v) is 3.88. The van der Waals surface area contributed by atoms with Crippen LogP contribution in [0.3, 0.4) is 0 Å². The Morgan fingerprint density at radius 2 is 2.19 bits per heavy atom. The van der Waals surface area contributed by atoms with Gasteiger partial charge in [-0.3, -0.25) is 14.3 Å². The minimum absolute atomic E-state index is 0.00425. The zero-order valence-corrected chi connectivity index (χ0v) is 9.31. The van der Waals surface area contributed by atoms with Crippen LogP contribution in [0.25, 0.3) is 0 Å². The first kappa shape index (κ1) is 12.5. The number of Topliss-reactive ketones (excluding diaryl/α,β-unsaturated/α-hetero) is 1. The van der Waals surface area contributed by atoms with Gasteiger partial charge in [0, 0.05) is 25.1 Å². The molecule has 0 aromatic carbocycles. The Balaban J connectivity index is 2.46. The van der Waals surface area contributed by atoms with Gasteiger partial charge in [0.25, 0.3) is 0 Å². The SMILES string of the molecule is CC(C)C(=O)CCn1cc(CC(=O)F)nn1. The van der Waals surface area contributed by atoms with Crippen LogP contribution in [0.15, 0.2) is 6.20 Å². The first-order valence-electron chi connectivity index (χ1n) is 5.09. The molecule has 0 saturated carbocycles. The summed E-state index contributed by atoms with van der Waals surface area (Å²) in [6.45, 7) is 4.07. The highest BCUT2D eigenvalue weighted by Gasteiger charge is 2.09. The number of rotatable bonds is 6. The molecule has 88 valence electrons. The third-order valence-corrected chi connectivity index (χ3v) is 2.14. The van der Waals surface area contributed by atoms with Crippen molar-refractivity contribution >= 4 is 11.8 Å². The summed E-state index contributed by atoms with van der Waals surface area (Å²) in [5.41, 5.74) is 0.282. The van der Waals surface area contributed by atoms with Gasteiger partial charge in [0.15, 0.2) is 0 Å². The fourth-order valence-corrected chi connectivity index (χ4v) is 1.18. The lowest BCUT2D eigenvalue weighted by Gasteiger charge is -2.02. The molecule has 16 heavy (non-hydrogen) atoms. The maximum atomic E-state index is 12.0. The highest BCUT2D eigenvalue weighted by atomic mass is 19.1. The molecule has 0 aliphatic heterocycles. The van der Waals surface area contributed by atoms with Gasteiger partial charge in [-0.05, 0) is 0 Å². The highest BCUT2D eigenvalue weighted by Crippen LogP contribution is 2.02. The topological polar surface area (TPSA) is 64.8 Å². The number of hydrogen-bond acceptors (Lipinski definition) is 4. The fourth-order valence-electron chi connectivity index (χ4n) is 1.18. The predicted molar refractivity (Wildman–Crippen MR) is 54.3 cm³/mol. The largest absolute Gasteiger partial charge is 0.307 e. The van der Waals surface area contributed by atoms with E-state index >= 15 is 0 Å². The molecule has 0 unspecified atom stereocenters. The monoisotopic (exact) mass is 227 g/mol. The second-order valence-electron chi connectivity index (χ2n) is 3.88. The maximum absolute atomic E-state index is 12.0. The predicted octanol–water partition coefficient (Wildman–Crippen LogP) is 0.932. The Morgan fingerprint density at radius 1 is 1.50 bits per heavy atom. The molecule has 1 rings (SSSR count). The molecule has 0 aliphatic carbocycles. The zero-order valence-electron chi connectivity index (χ0n) is 9.31. The van der Waals surface area contributed by atoms with Crippen LogP contribution in [0.2, 0.25) is 0 Å². The van der Waals surface area contributed by atoms with Gasteiger partial charge in [-0.2, -0.15) is 4.39 Å². The number of carbonyl (C=O) groups is 2. The Bertz CT molecular complexity index is 387. The van der Waals surface area contributed by atoms with E-state index in [4.69, 9.17) is 0 Å². The molecule has 0 fully saturated rings. The van der Waals surface area contributed by atoms with Crippen molar-refractivity contribution in [3.8, 4) is 0 Å². The number of nitrogens with zero attached hydrogens (tertiary/aromatic N) is 3. The molecule has 0 N–H and O–H groups in total. The van der Waals surface area contributed by atoms with E-state index in [0.717, 1.165) is 0 Å². The van der Waals surface area contributed by atoms with Gasteiger partial charge in [-0.1, -0.05) is 19.1 Å². The van der Waals surface area contributed by atoms with E-state index < -0.39 is 6.04 Å². The van der Waals surface area contributed by atoms with Gasteiger partial charge < -0.3 is 0 Å². The van der Waals surface area contributed by atoms with Crippen molar-refractivity contribution in [2.75, 3.05) is 0 Å². The van der Waals surface area contributed by atoms with Crippen LogP contribution in [0.5, 0.6) is 0 Å². The van der Waals surface area contributed by atoms with Crippen LogP contribution in [0.4, 0.5) is 4.39 Å². The number of aryl methyl sites for hydroxylation is 1. The summed E-state index contributed by atoms with van der Waals surface area (Å²) >= 11 is 0. The summed E-state index contributed by atoms with van der Waals surface area (Å²) < 4.78 is 13.5. The third kappa shape index (κ3) is 3.88. The molecular weight excluding hydrogens is 213 g/mol. The van der Waals surface area contributed by atoms with E-state index in [0.29, 0.717) is 13.0 Å². The summed E-state index contributed by atoms with van der Waals surface area (Å²) in [5.74, 6) is 0.133. The summed E-state index contributed by atoms with van der Waals surface area (Å²) in [4.78, 5) is 21.5. The Labute approximate surface area is 92.6 Å². The number of ketones is 1. The van der Waals surface area contributed by atoms with Crippen molar-refractivity contribution in [1.29, 1.82) is 0 Å². The first-order chi connectivity index (χ1) is 7.49. The molecule has 1 aromatic heterocycles. The molecule has 0 bridgehead atoms. The summed E-state index contributed by atoms with van der Waals surface area (Å²) in [6.07, 6.45) is 1.48. The van der Waals surface area contributed by atoms with E-state index in [1.807, 2.05) is 13.8 Å². The quantitative estimate of drug-likeness (QED) is 0.678. The smallest absolute Gasteiger partial charge is 0.299 e. The van der Waals surface area contributed by atoms with Gasteiger partial charge >= 0.3 is 6.04 Å². The van der Waals surface area contributed by atoms with Crippen molar-refractivity contribution < 1.29 is 14.0 Å². The maximum Gasteiger partial charge on any atom is 0.307 e. The first-order valence-corrected chi connectivity index (χ1v) is 5.09. The molecule has 6 heteroatoms. The minimum atomic E-state index is -1.44. The summed E-state index contributed by atoms with van der Waals surface area (Å²) in [7, 11) is 0. The van der Waals surface area contributed by atoms with E-state index in [9.17, 15) is 14.0 Å². The van der Waals surface area contributed by atoms with Crippen molar-refractivity contribution in [2.45, 2.75) is 33.2 Å². The van der Waals surface area contributed by atoms with Crippen molar-refractivity contribution in [3.05, 3.63) is 11.9 Å². The molecule has 0 saturated heterocycles. The molecule has 1 heterocycles. The lowest BCUT2D eigenvalue weighted by molar-refractivity contribution is -0.128. The Morgan fingerprint density at radius 3 is 2.75 bits per heavy atom. The van der Waals surface area contributed by atoms with Gasteiger partial charge in [0.05, 0.1) is 12.1 Å². The van der Waals surface area contributed by atoms with Crippen LogP contribution in [0, 0.1) is 5.92 Å². The highest BCUT2D eigenvalue weighted by molar-refractivity contribution is 5.80. The standard InChI is InChI=1S/C10H14FN3O2/c1-7(2)9(15)3-4-14-6-8(12-13-14)5-10(11)16/h6-7H,3-5H2,1-2H3. The molecule has 0 aliphatic rings. The third-order valence-electron chi connectivity index (χ3n) is 2.14. The lowest BCUT2D eigenvalue weighted by Crippen LogP contribution is -2.11. The molecular formula is C10H14FN3O2. The fraction of sp³-hybridized carbons (Fsp3) is 0.600. The van der Waals surface area contributed by atoms with Crippen molar-refractivity contribution in [1.82, 2.24) is 15.0 Å². The number of halogens is 1. The van der Waals surface area contributed by atoms with Crippen molar-refractivity contribution in [3.63, 3.8) is 0 Å². The molecule has 0 atom stereocenters. The number of hydrogen-bond donors (Lipinski definition) is 0. The molecule has 0 amide bonds. The number of aromatic nitrogens is 3. The van der Waals surface area contributed by atoms with Gasteiger partial charge in [-0.25, -0.2) is 0 Å². The summed E-state index contributed by atoms with van der Waals surface area (Å²) in [6, 6.07) is -1.44.